The lowest BCUT2D eigenvalue weighted by molar-refractivity contribution is -0.137. The number of anilines is 1. The first-order chi connectivity index (χ1) is 20.6. The highest BCUT2D eigenvalue weighted by Crippen LogP contribution is 2.35. The number of hydrogen-bond donors (Lipinski definition) is 2. The monoisotopic (exact) mass is 617 g/mol. The van der Waals surface area contributed by atoms with Crippen molar-refractivity contribution in [1.29, 1.82) is 0 Å². The van der Waals surface area contributed by atoms with E-state index < -0.39 is 64.2 Å². The number of hydrogen-bond acceptors (Lipinski definition) is 6. The van der Waals surface area contributed by atoms with Gasteiger partial charge in [0.05, 0.1) is 11.1 Å². The summed E-state index contributed by atoms with van der Waals surface area (Å²) in [6, 6.07) is 5.04. The van der Waals surface area contributed by atoms with Gasteiger partial charge in [0.15, 0.2) is 11.5 Å². The Morgan fingerprint density at radius 3 is 2.39 bits per heavy atom. The smallest absolute Gasteiger partial charge is 0.416 e. The third-order valence-corrected chi connectivity index (χ3v) is 7.38. The van der Waals surface area contributed by atoms with Crippen LogP contribution < -0.4 is 15.5 Å². The molecule has 2 aromatic carbocycles. The Balaban J connectivity index is 1.64. The van der Waals surface area contributed by atoms with Gasteiger partial charge in [-0.2, -0.15) is 13.2 Å². The van der Waals surface area contributed by atoms with E-state index in [4.69, 9.17) is 4.42 Å². The number of aryl methyl sites for hydroxylation is 1. The molecular weight excluding hydrogens is 586 g/mol. The first kappa shape index (κ1) is 32.2. The summed E-state index contributed by atoms with van der Waals surface area (Å²) in [6.45, 7) is 6.10. The van der Waals surface area contributed by atoms with E-state index in [0.29, 0.717) is 40.9 Å². The summed E-state index contributed by atoms with van der Waals surface area (Å²) in [5, 5.41) is 4.94. The number of nitrogens with one attached hydrogen (secondary N) is 2. The lowest BCUT2D eigenvalue weighted by atomic mass is 9.87. The van der Waals surface area contributed by atoms with Crippen LogP contribution in [-0.2, 0) is 20.6 Å². The molecule has 0 saturated heterocycles. The number of carbonyl (C=O) groups is 4. The van der Waals surface area contributed by atoms with Gasteiger partial charge < -0.3 is 20.0 Å². The van der Waals surface area contributed by atoms with Crippen molar-refractivity contribution in [3.8, 4) is 0 Å². The van der Waals surface area contributed by atoms with E-state index in [2.05, 4.69) is 15.6 Å². The standard InChI is InChI=1S/C30H31F4N5O5/c1-16(2)25(37-26(41)21-14-19(30(32,33)34)6-8-22(21)31)27(42)38-12-10-29(11-13-38,28(43)35-5)39(18(4)40)20-7-9-24-23(15-20)36-17(3)44-24/h6-10,12,14-16,25H,11,13H2,1-5H3,(H,35,43)(H,37,41)/t25-,29?/m1/s1. The van der Waals surface area contributed by atoms with Crippen molar-refractivity contribution < 1.29 is 41.2 Å². The van der Waals surface area contributed by atoms with Crippen LogP contribution in [0.1, 0.15) is 49.0 Å². The Kier molecular flexibility index (Phi) is 8.84. The van der Waals surface area contributed by atoms with Crippen LogP contribution in [0.4, 0.5) is 23.2 Å². The number of alkyl halides is 3. The molecular formula is C30H31F4N5O5. The number of oxazole rings is 1. The van der Waals surface area contributed by atoms with E-state index in [1.807, 2.05) is 0 Å². The molecule has 234 valence electrons. The minimum atomic E-state index is -4.81. The molecule has 0 bridgehead atoms. The van der Waals surface area contributed by atoms with Crippen LogP contribution in [0.25, 0.3) is 11.1 Å². The maximum atomic E-state index is 14.4. The summed E-state index contributed by atoms with van der Waals surface area (Å²) in [4.78, 5) is 59.7. The second-order valence-corrected chi connectivity index (χ2v) is 10.7. The van der Waals surface area contributed by atoms with Crippen molar-refractivity contribution in [2.75, 3.05) is 18.5 Å². The van der Waals surface area contributed by atoms with Gasteiger partial charge in [-0.25, -0.2) is 9.37 Å². The summed E-state index contributed by atoms with van der Waals surface area (Å²) in [5.74, 6) is -4.14. The average molecular weight is 618 g/mol. The normalized spacial score (nSPS) is 17.5. The molecule has 14 heteroatoms. The van der Waals surface area contributed by atoms with E-state index >= 15 is 0 Å². The number of rotatable bonds is 7. The fraction of sp³-hybridized carbons (Fsp3) is 0.367. The number of amides is 4. The summed E-state index contributed by atoms with van der Waals surface area (Å²) in [6.07, 6.45) is -2.13. The summed E-state index contributed by atoms with van der Waals surface area (Å²) in [5.41, 5.74) is -2.30. The zero-order chi connectivity index (χ0) is 32.6. The molecule has 2 atom stereocenters. The van der Waals surface area contributed by atoms with Gasteiger partial charge in [-0.05, 0) is 48.4 Å². The van der Waals surface area contributed by atoms with Gasteiger partial charge in [0.25, 0.3) is 5.91 Å². The van der Waals surface area contributed by atoms with Gasteiger partial charge in [-0.1, -0.05) is 13.8 Å². The number of carbonyl (C=O) groups excluding carboxylic acids is 4. The SMILES string of the molecule is CNC(=O)C1(N(C(C)=O)c2ccc3oc(C)nc3c2)C=CN(C(=O)[C@H](NC(=O)c2cc(C(F)(F)F)ccc2F)C(C)C)CC1. The van der Waals surface area contributed by atoms with E-state index in [1.165, 1.54) is 36.0 Å². The van der Waals surface area contributed by atoms with Crippen LogP contribution >= 0.6 is 0 Å². The van der Waals surface area contributed by atoms with Crippen molar-refractivity contribution in [3.05, 3.63) is 71.5 Å². The molecule has 3 aromatic rings. The van der Waals surface area contributed by atoms with Crippen molar-refractivity contribution >= 4 is 40.4 Å². The van der Waals surface area contributed by atoms with Crippen LogP contribution in [-0.4, -0.2) is 58.7 Å². The molecule has 0 fully saturated rings. The van der Waals surface area contributed by atoms with Gasteiger partial charge in [0.1, 0.15) is 22.9 Å². The van der Waals surface area contributed by atoms with Gasteiger partial charge in [0, 0.05) is 45.7 Å². The molecule has 1 aliphatic heterocycles. The molecule has 4 amide bonds. The number of fused-ring (bicyclic) bond motifs is 1. The summed E-state index contributed by atoms with van der Waals surface area (Å²) < 4.78 is 59.4. The topological polar surface area (TPSA) is 125 Å². The molecule has 1 aromatic heterocycles. The molecule has 2 N–H and O–H groups in total. The number of nitrogens with zero attached hydrogens (tertiary/aromatic N) is 3. The van der Waals surface area contributed by atoms with Gasteiger partial charge >= 0.3 is 6.18 Å². The van der Waals surface area contributed by atoms with Crippen LogP contribution in [0.2, 0.25) is 0 Å². The Hall–Kier alpha value is -4.75. The zero-order valence-electron chi connectivity index (χ0n) is 24.6. The maximum absolute atomic E-state index is 14.4. The maximum Gasteiger partial charge on any atom is 0.416 e. The number of halogens is 4. The van der Waals surface area contributed by atoms with E-state index in [0.717, 1.165) is 0 Å². The first-order valence-electron chi connectivity index (χ1n) is 13.7. The average Bonchev–Trinajstić information content (AvgIpc) is 3.34. The van der Waals surface area contributed by atoms with Crippen molar-refractivity contribution in [2.24, 2.45) is 5.92 Å². The van der Waals surface area contributed by atoms with Crippen LogP contribution in [0.3, 0.4) is 0 Å². The fourth-order valence-electron chi connectivity index (χ4n) is 5.19. The van der Waals surface area contributed by atoms with Gasteiger partial charge in [-0.3, -0.25) is 24.1 Å². The van der Waals surface area contributed by atoms with Crippen molar-refractivity contribution in [3.63, 3.8) is 0 Å². The molecule has 1 aliphatic rings. The molecule has 0 aliphatic carbocycles. The lowest BCUT2D eigenvalue weighted by Gasteiger charge is -2.43. The molecule has 10 nitrogen and oxygen atoms in total. The molecule has 4 rings (SSSR count). The predicted molar refractivity (Wildman–Crippen MR) is 152 cm³/mol. The van der Waals surface area contributed by atoms with Crippen LogP contribution in [0.5, 0.6) is 0 Å². The van der Waals surface area contributed by atoms with Crippen LogP contribution in [0, 0.1) is 18.7 Å². The molecule has 0 radical (unpaired) electrons. The third-order valence-electron chi connectivity index (χ3n) is 7.38. The molecule has 2 heterocycles. The van der Waals surface area contributed by atoms with E-state index in [1.54, 1.807) is 39.0 Å². The highest BCUT2D eigenvalue weighted by molar-refractivity contribution is 6.05. The van der Waals surface area contributed by atoms with Gasteiger partial charge in [0.2, 0.25) is 17.7 Å². The van der Waals surface area contributed by atoms with E-state index in [-0.39, 0.29) is 13.0 Å². The summed E-state index contributed by atoms with van der Waals surface area (Å²) in [7, 11) is 1.41. The van der Waals surface area contributed by atoms with Gasteiger partial charge in [-0.15, -0.1) is 0 Å². The zero-order valence-corrected chi connectivity index (χ0v) is 24.6. The van der Waals surface area contributed by atoms with Crippen LogP contribution in [0.15, 0.2) is 53.1 Å². The number of aromatic nitrogens is 1. The second-order valence-electron chi connectivity index (χ2n) is 10.7. The van der Waals surface area contributed by atoms with Crippen molar-refractivity contribution in [1.82, 2.24) is 20.5 Å². The highest BCUT2D eigenvalue weighted by atomic mass is 19.4. The minimum absolute atomic E-state index is 0.0502. The second kappa shape index (κ2) is 12.1. The first-order valence-corrected chi connectivity index (χ1v) is 13.7. The Bertz CT molecular complexity index is 1650. The third kappa shape index (κ3) is 6.15. The fourth-order valence-corrected chi connectivity index (χ4v) is 5.19. The lowest BCUT2D eigenvalue weighted by Crippen LogP contribution is -2.62. The molecule has 0 saturated carbocycles. The van der Waals surface area contributed by atoms with E-state index in [9.17, 15) is 36.7 Å². The Labute approximate surface area is 250 Å². The minimum Gasteiger partial charge on any atom is -0.441 e. The molecule has 44 heavy (non-hydrogen) atoms. The largest absolute Gasteiger partial charge is 0.441 e. The Morgan fingerprint density at radius 2 is 1.82 bits per heavy atom. The van der Waals surface area contributed by atoms with Crippen molar-refractivity contribution in [2.45, 2.75) is 51.9 Å². The predicted octanol–water partition coefficient (Wildman–Crippen LogP) is 4.33. The quantitative estimate of drug-likeness (QED) is 0.381. The number of benzene rings is 2. The number of likely N-dealkylation sites (N-methyl/N-ethyl adjacent to an activating group) is 1. The Morgan fingerprint density at radius 1 is 1.11 bits per heavy atom. The summed E-state index contributed by atoms with van der Waals surface area (Å²) >= 11 is 0. The highest BCUT2D eigenvalue weighted by Gasteiger charge is 2.47. The molecule has 1 unspecified atom stereocenters. The molecule has 0 spiro atoms.